The minimum absolute atomic E-state index is 0.0905. The van der Waals surface area contributed by atoms with Crippen LogP contribution in [0.25, 0.3) is 0 Å². The van der Waals surface area contributed by atoms with E-state index in [9.17, 15) is 14.4 Å². The number of hydrogen-bond donors (Lipinski definition) is 2. The van der Waals surface area contributed by atoms with Crippen molar-refractivity contribution in [3.8, 4) is 0 Å². The van der Waals surface area contributed by atoms with E-state index in [1.54, 1.807) is 43.3 Å². The van der Waals surface area contributed by atoms with Crippen LogP contribution in [-0.4, -0.2) is 37.0 Å². The Kier molecular flexibility index (Phi) is 5.31. The Hall–Kier alpha value is -3.15. The lowest BCUT2D eigenvalue weighted by Crippen LogP contribution is -2.52. The molecule has 1 atom stereocenters. The Bertz CT molecular complexity index is 810. The number of carbonyl (C=O) groups is 3. The highest BCUT2D eigenvalue weighted by Crippen LogP contribution is 2.20. The molecule has 134 valence electrons. The highest BCUT2D eigenvalue weighted by molar-refractivity contribution is 6.09. The highest BCUT2D eigenvalue weighted by atomic mass is 16.5. The molecular weight excluding hydrogens is 332 g/mol. The first-order chi connectivity index (χ1) is 12.5. The van der Waals surface area contributed by atoms with Gasteiger partial charge in [0.05, 0.1) is 19.0 Å². The van der Waals surface area contributed by atoms with Gasteiger partial charge in [-0.15, -0.1) is 0 Å². The Morgan fingerprint density at radius 2 is 1.65 bits per heavy atom. The number of urea groups is 1. The van der Waals surface area contributed by atoms with Crippen LogP contribution in [-0.2, 0) is 9.53 Å². The number of esters is 1. The van der Waals surface area contributed by atoms with Gasteiger partial charge in [-0.2, -0.15) is 0 Å². The fourth-order valence-electron chi connectivity index (χ4n) is 2.74. The first-order valence-corrected chi connectivity index (χ1v) is 8.46. The molecule has 0 bridgehead atoms. The summed E-state index contributed by atoms with van der Waals surface area (Å²) in [4.78, 5) is 36.0. The summed E-state index contributed by atoms with van der Waals surface area (Å²) in [7, 11) is 0. The van der Waals surface area contributed by atoms with Gasteiger partial charge < -0.3 is 15.4 Å². The lowest BCUT2D eigenvalue weighted by atomic mass is 9.96. The Labute approximate surface area is 151 Å². The lowest BCUT2D eigenvalue weighted by molar-refractivity contribution is -0.150. The molecule has 2 aromatic carbocycles. The number of ketones is 1. The van der Waals surface area contributed by atoms with Gasteiger partial charge in [-0.1, -0.05) is 48.5 Å². The summed E-state index contributed by atoms with van der Waals surface area (Å²) in [5, 5.41) is 5.17. The van der Waals surface area contributed by atoms with E-state index in [2.05, 4.69) is 10.6 Å². The van der Waals surface area contributed by atoms with Crippen LogP contribution in [0.3, 0.4) is 0 Å². The van der Waals surface area contributed by atoms with Crippen molar-refractivity contribution in [2.45, 2.75) is 18.9 Å². The van der Waals surface area contributed by atoms with Gasteiger partial charge >= 0.3 is 12.0 Å². The minimum atomic E-state index is -0.517. The van der Waals surface area contributed by atoms with Crippen molar-refractivity contribution in [1.82, 2.24) is 10.6 Å². The average molecular weight is 352 g/mol. The van der Waals surface area contributed by atoms with Gasteiger partial charge in [0.25, 0.3) is 0 Å². The smallest absolute Gasteiger partial charge is 0.315 e. The molecule has 6 heteroatoms. The van der Waals surface area contributed by atoms with Crippen molar-refractivity contribution < 1.29 is 19.1 Å². The number of carbonyl (C=O) groups excluding carboxylic acids is 3. The molecule has 26 heavy (non-hydrogen) atoms. The molecule has 1 fully saturated rings. The maximum absolute atomic E-state index is 12.6. The first-order valence-electron chi connectivity index (χ1n) is 8.46. The van der Waals surface area contributed by atoms with Gasteiger partial charge in [0.1, 0.15) is 6.10 Å². The third-order valence-electron chi connectivity index (χ3n) is 4.30. The molecule has 1 aliphatic rings. The van der Waals surface area contributed by atoms with Crippen molar-refractivity contribution in [3.63, 3.8) is 0 Å². The second kappa shape index (κ2) is 7.82. The van der Waals surface area contributed by atoms with Crippen molar-refractivity contribution in [2.75, 3.05) is 13.1 Å². The summed E-state index contributed by atoms with van der Waals surface area (Å²) in [6.07, 6.45) is -0.406. The van der Waals surface area contributed by atoms with E-state index in [4.69, 9.17) is 4.74 Å². The molecule has 0 saturated carbocycles. The van der Waals surface area contributed by atoms with E-state index in [1.807, 2.05) is 18.2 Å². The molecule has 0 aromatic heterocycles. The molecule has 2 N–H and O–H groups in total. The summed E-state index contributed by atoms with van der Waals surface area (Å²) in [5.41, 5.74) is 1.84. The second-order valence-electron chi connectivity index (χ2n) is 6.19. The highest BCUT2D eigenvalue weighted by Gasteiger charge is 2.25. The molecule has 2 aromatic rings. The van der Waals surface area contributed by atoms with Crippen LogP contribution in [0.2, 0.25) is 0 Å². The third kappa shape index (κ3) is 4.08. The van der Waals surface area contributed by atoms with E-state index in [1.165, 1.54) is 0 Å². The molecule has 1 unspecified atom stereocenters. The lowest BCUT2D eigenvalue weighted by Gasteiger charge is -2.25. The number of amides is 2. The molecule has 1 heterocycles. The van der Waals surface area contributed by atoms with Crippen molar-refractivity contribution in [1.29, 1.82) is 0 Å². The van der Waals surface area contributed by atoms with Gasteiger partial charge in [0.2, 0.25) is 0 Å². The maximum atomic E-state index is 12.6. The van der Waals surface area contributed by atoms with Gasteiger partial charge in [0.15, 0.2) is 5.78 Å². The predicted octanol–water partition coefficient (Wildman–Crippen LogP) is 2.25. The molecule has 0 spiro atoms. The van der Waals surface area contributed by atoms with E-state index in [-0.39, 0.29) is 24.9 Å². The SMILES string of the molecule is CC(C(=O)OC1CNC(=O)NC1)c1cccc(C(=O)c2ccccc2)c1. The number of rotatable bonds is 5. The van der Waals surface area contributed by atoms with Crippen LogP contribution >= 0.6 is 0 Å². The average Bonchev–Trinajstić information content (AvgIpc) is 2.69. The van der Waals surface area contributed by atoms with E-state index in [0.29, 0.717) is 16.7 Å². The maximum Gasteiger partial charge on any atom is 0.315 e. The zero-order valence-electron chi connectivity index (χ0n) is 14.4. The number of hydrogen-bond acceptors (Lipinski definition) is 4. The second-order valence-corrected chi connectivity index (χ2v) is 6.19. The van der Waals surface area contributed by atoms with Crippen LogP contribution in [0.5, 0.6) is 0 Å². The zero-order valence-corrected chi connectivity index (χ0v) is 14.4. The van der Waals surface area contributed by atoms with Crippen LogP contribution < -0.4 is 10.6 Å². The van der Waals surface area contributed by atoms with Crippen LogP contribution in [0.15, 0.2) is 54.6 Å². The Balaban J connectivity index is 1.69. The topological polar surface area (TPSA) is 84.5 Å². The quantitative estimate of drug-likeness (QED) is 0.638. The molecule has 0 radical (unpaired) electrons. The molecule has 2 amide bonds. The zero-order chi connectivity index (χ0) is 18.5. The minimum Gasteiger partial charge on any atom is -0.458 e. The van der Waals surface area contributed by atoms with E-state index >= 15 is 0 Å². The molecule has 3 rings (SSSR count). The number of ether oxygens (including phenoxy) is 1. The van der Waals surface area contributed by atoms with Gasteiger partial charge in [-0.05, 0) is 18.6 Å². The van der Waals surface area contributed by atoms with Gasteiger partial charge in [0, 0.05) is 11.1 Å². The summed E-state index contributed by atoms with van der Waals surface area (Å²) >= 11 is 0. The first kappa shape index (κ1) is 17.7. The van der Waals surface area contributed by atoms with Gasteiger partial charge in [-0.3, -0.25) is 9.59 Å². The fraction of sp³-hybridized carbons (Fsp3) is 0.250. The Morgan fingerprint density at radius 3 is 2.35 bits per heavy atom. The van der Waals surface area contributed by atoms with E-state index in [0.717, 1.165) is 0 Å². The fourth-order valence-corrected chi connectivity index (χ4v) is 2.74. The van der Waals surface area contributed by atoms with Crippen LogP contribution in [0.1, 0.15) is 34.3 Å². The number of benzene rings is 2. The molecule has 1 aliphatic heterocycles. The molecule has 1 saturated heterocycles. The number of nitrogens with one attached hydrogen (secondary N) is 2. The third-order valence-corrected chi connectivity index (χ3v) is 4.30. The molecular formula is C20H20N2O4. The Morgan fingerprint density at radius 1 is 1.00 bits per heavy atom. The molecule has 0 aliphatic carbocycles. The summed E-state index contributed by atoms with van der Waals surface area (Å²) in [6, 6.07) is 15.8. The van der Waals surface area contributed by atoms with Crippen LogP contribution in [0, 0.1) is 0 Å². The van der Waals surface area contributed by atoms with Crippen molar-refractivity contribution in [2.24, 2.45) is 0 Å². The van der Waals surface area contributed by atoms with Crippen molar-refractivity contribution >= 4 is 17.8 Å². The van der Waals surface area contributed by atoms with Crippen molar-refractivity contribution in [3.05, 3.63) is 71.3 Å². The predicted molar refractivity (Wildman–Crippen MR) is 96.0 cm³/mol. The largest absolute Gasteiger partial charge is 0.458 e. The standard InChI is InChI=1S/C20H20N2O4/c1-13(19(24)26-17-11-21-20(25)22-12-17)15-8-5-9-16(10-15)18(23)14-6-3-2-4-7-14/h2-10,13,17H,11-12H2,1H3,(H2,21,22,25). The van der Waals surface area contributed by atoms with E-state index < -0.39 is 18.0 Å². The van der Waals surface area contributed by atoms with Crippen LogP contribution in [0.4, 0.5) is 4.79 Å². The summed E-state index contributed by atoms with van der Waals surface area (Å²) in [5.74, 6) is -0.999. The summed E-state index contributed by atoms with van der Waals surface area (Å²) in [6.45, 7) is 2.32. The normalized spacial score (nSPS) is 15.5. The molecule has 6 nitrogen and oxygen atoms in total. The van der Waals surface area contributed by atoms with Gasteiger partial charge in [-0.25, -0.2) is 4.79 Å². The summed E-state index contributed by atoms with van der Waals surface area (Å²) < 4.78 is 5.44. The monoisotopic (exact) mass is 352 g/mol.